The van der Waals surface area contributed by atoms with Gasteiger partial charge in [0.2, 0.25) is 0 Å². The van der Waals surface area contributed by atoms with Crippen molar-refractivity contribution < 1.29 is 34.0 Å². The van der Waals surface area contributed by atoms with Crippen LogP contribution < -0.4 is 19.5 Å². The van der Waals surface area contributed by atoms with E-state index in [0.717, 1.165) is 5.56 Å². The maximum atomic E-state index is 12.8. The lowest BCUT2D eigenvalue weighted by Gasteiger charge is -2.43. The number of hydrogen-bond donors (Lipinski definition) is 3. The summed E-state index contributed by atoms with van der Waals surface area (Å²) in [6.07, 6.45) is -1.39. The summed E-state index contributed by atoms with van der Waals surface area (Å²) in [5.41, 5.74) is 1.43. The first kappa shape index (κ1) is 33.7. The summed E-state index contributed by atoms with van der Waals surface area (Å²) >= 11 is 0. The predicted molar refractivity (Wildman–Crippen MR) is 189 cm³/mol. The first-order valence-electron chi connectivity index (χ1n) is 16.4. The number of amides is 1. The highest BCUT2D eigenvalue weighted by Gasteiger charge is 2.54. The van der Waals surface area contributed by atoms with Crippen molar-refractivity contribution in [3.63, 3.8) is 0 Å². The Hall–Kier alpha value is -5.82. The molecule has 0 spiro atoms. The summed E-state index contributed by atoms with van der Waals surface area (Å²) < 4.78 is 25.6. The van der Waals surface area contributed by atoms with Crippen molar-refractivity contribution in [3.05, 3.63) is 139 Å². The van der Waals surface area contributed by atoms with Gasteiger partial charge in [0.15, 0.2) is 23.6 Å². The number of aromatic nitrogens is 4. The largest absolute Gasteiger partial charge is 0.496 e. The Labute approximate surface area is 294 Å². The van der Waals surface area contributed by atoms with Crippen LogP contribution in [0.3, 0.4) is 0 Å². The zero-order chi connectivity index (χ0) is 35.4. The molecule has 0 radical (unpaired) electrons. The fourth-order valence-corrected chi connectivity index (χ4v) is 6.95. The molecule has 1 fully saturated rings. The molecule has 12 heteroatoms. The third kappa shape index (κ3) is 6.25. The standard InChI is InChI=1S/C39H37N5O7/c1-48-30-19-11-9-17-27(30)39(25-13-5-3-6-14-25,28-18-10-12-20-31(28)49-2)36(47)35-29(45)21-33(51-35)44-24-42-34-37(40-23-41-38(34)44)43-32(46)22-50-26-15-7-4-8-16-26/h3-20,23-24,29,33,35-36,45,47H,21-22H2,1-2H3,(H,40,41,43,46)/t29-,33+,35-,36?/m0/s1. The van der Waals surface area contributed by atoms with E-state index in [9.17, 15) is 15.0 Å². The van der Waals surface area contributed by atoms with Crippen LogP contribution >= 0.6 is 0 Å². The average molecular weight is 688 g/mol. The fraction of sp³-hybridized carbons (Fsp3) is 0.231. The summed E-state index contributed by atoms with van der Waals surface area (Å²) in [5.74, 6) is 1.42. The number of nitrogens with one attached hydrogen (secondary N) is 1. The van der Waals surface area contributed by atoms with E-state index >= 15 is 0 Å². The van der Waals surface area contributed by atoms with Gasteiger partial charge in [0.25, 0.3) is 5.91 Å². The molecule has 51 heavy (non-hydrogen) atoms. The summed E-state index contributed by atoms with van der Waals surface area (Å²) in [5, 5.41) is 27.3. The van der Waals surface area contributed by atoms with Crippen LogP contribution in [0.15, 0.2) is 122 Å². The van der Waals surface area contributed by atoms with Crippen molar-refractivity contribution in [3.8, 4) is 17.2 Å². The quantitative estimate of drug-likeness (QED) is 0.152. The topological polar surface area (TPSA) is 150 Å². The Balaban J connectivity index is 1.24. The second-order valence-corrected chi connectivity index (χ2v) is 12.1. The summed E-state index contributed by atoms with van der Waals surface area (Å²) in [4.78, 5) is 25.9. The van der Waals surface area contributed by atoms with Gasteiger partial charge in [0.05, 0.1) is 32.1 Å². The van der Waals surface area contributed by atoms with E-state index in [1.807, 2.05) is 97.1 Å². The van der Waals surface area contributed by atoms with Crippen molar-refractivity contribution in [2.24, 2.45) is 0 Å². The van der Waals surface area contributed by atoms with Crippen LogP contribution in [0.1, 0.15) is 29.3 Å². The van der Waals surface area contributed by atoms with E-state index in [-0.39, 0.29) is 18.8 Å². The summed E-state index contributed by atoms with van der Waals surface area (Å²) in [6.45, 7) is -0.227. The highest BCUT2D eigenvalue weighted by Crippen LogP contribution is 2.51. The van der Waals surface area contributed by atoms with Gasteiger partial charge in [-0.15, -0.1) is 0 Å². The molecule has 3 heterocycles. The molecular weight excluding hydrogens is 650 g/mol. The normalized spacial score (nSPS) is 17.9. The van der Waals surface area contributed by atoms with Crippen molar-refractivity contribution in [2.75, 3.05) is 26.1 Å². The molecule has 6 aromatic rings. The summed E-state index contributed by atoms with van der Waals surface area (Å²) in [6, 6.07) is 33.6. The maximum Gasteiger partial charge on any atom is 0.263 e. The second kappa shape index (κ2) is 14.6. The number of aliphatic hydroxyl groups excluding tert-OH is 2. The van der Waals surface area contributed by atoms with E-state index in [1.165, 1.54) is 12.7 Å². The van der Waals surface area contributed by atoms with Crippen molar-refractivity contribution in [1.29, 1.82) is 0 Å². The van der Waals surface area contributed by atoms with Crippen molar-refractivity contribution in [1.82, 2.24) is 19.5 Å². The first-order valence-corrected chi connectivity index (χ1v) is 16.4. The van der Waals surface area contributed by atoms with Crippen LogP contribution in [0, 0.1) is 0 Å². The number of anilines is 1. The Kier molecular flexibility index (Phi) is 9.62. The van der Waals surface area contributed by atoms with Crippen LogP contribution in [-0.4, -0.2) is 74.8 Å². The van der Waals surface area contributed by atoms with Gasteiger partial charge in [0.1, 0.15) is 42.0 Å². The number of fused-ring (bicyclic) bond motifs is 1. The fourth-order valence-electron chi connectivity index (χ4n) is 6.95. The summed E-state index contributed by atoms with van der Waals surface area (Å²) in [7, 11) is 3.16. The number of carbonyl (C=O) groups is 1. The third-order valence-corrected chi connectivity index (χ3v) is 9.22. The highest BCUT2D eigenvalue weighted by molar-refractivity contribution is 5.97. The van der Waals surface area contributed by atoms with Crippen LogP contribution in [0.25, 0.3) is 11.2 Å². The number of para-hydroxylation sites is 3. The van der Waals surface area contributed by atoms with Crippen LogP contribution in [-0.2, 0) is 14.9 Å². The van der Waals surface area contributed by atoms with Gasteiger partial charge in [-0.05, 0) is 29.8 Å². The molecule has 4 atom stereocenters. The molecule has 1 amide bonds. The number of benzene rings is 4. The Morgan fingerprint density at radius 2 is 1.49 bits per heavy atom. The molecule has 0 saturated carbocycles. The second-order valence-electron chi connectivity index (χ2n) is 12.1. The van der Waals surface area contributed by atoms with Crippen molar-refractivity contribution >= 4 is 22.9 Å². The number of methoxy groups -OCH3 is 2. The lowest BCUT2D eigenvalue weighted by atomic mass is 9.63. The lowest BCUT2D eigenvalue weighted by Crippen LogP contribution is -2.51. The molecule has 0 bridgehead atoms. The average Bonchev–Trinajstić information content (AvgIpc) is 3.79. The molecule has 1 unspecified atom stereocenters. The molecule has 3 N–H and O–H groups in total. The monoisotopic (exact) mass is 687 g/mol. The molecule has 4 aromatic carbocycles. The number of rotatable bonds is 12. The maximum absolute atomic E-state index is 12.8. The molecule has 7 rings (SSSR count). The van der Waals surface area contributed by atoms with Gasteiger partial charge < -0.3 is 34.5 Å². The Morgan fingerprint density at radius 3 is 2.14 bits per heavy atom. The first-order chi connectivity index (χ1) is 24.9. The van der Waals surface area contributed by atoms with Gasteiger partial charge in [-0.3, -0.25) is 9.36 Å². The molecular formula is C39H37N5O7. The van der Waals surface area contributed by atoms with E-state index in [0.29, 0.717) is 39.5 Å². The zero-order valence-corrected chi connectivity index (χ0v) is 28.0. The Bertz CT molecular complexity index is 2060. The molecule has 12 nitrogen and oxygen atoms in total. The molecule has 2 aromatic heterocycles. The number of carbonyl (C=O) groups excluding carboxylic acids is 1. The van der Waals surface area contributed by atoms with Crippen molar-refractivity contribution in [2.45, 2.75) is 36.4 Å². The number of hydrogen-bond acceptors (Lipinski definition) is 10. The minimum atomic E-state index is -1.36. The number of ether oxygens (including phenoxy) is 4. The minimum Gasteiger partial charge on any atom is -0.496 e. The minimum absolute atomic E-state index is 0.118. The number of aliphatic hydroxyl groups is 2. The molecule has 1 aliphatic rings. The molecule has 0 aliphatic carbocycles. The van der Waals surface area contributed by atoms with Crippen LogP contribution in [0.5, 0.6) is 17.2 Å². The number of nitrogens with zero attached hydrogens (tertiary/aromatic N) is 4. The molecule has 260 valence electrons. The van der Waals surface area contributed by atoms with Gasteiger partial charge in [-0.2, -0.15) is 0 Å². The van der Waals surface area contributed by atoms with E-state index in [1.54, 1.807) is 30.9 Å². The van der Waals surface area contributed by atoms with E-state index < -0.39 is 35.9 Å². The predicted octanol–water partition coefficient (Wildman–Crippen LogP) is 4.90. The molecule has 1 aliphatic heterocycles. The third-order valence-electron chi connectivity index (χ3n) is 9.22. The number of imidazole rings is 1. The highest BCUT2D eigenvalue weighted by atomic mass is 16.5. The van der Waals surface area contributed by atoms with Crippen LogP contribution in [0.4, 0.5) is 5.82 Å². The van der Waals surface area contributed by atoms with Gasteiger partial charge in [0, 0.05) is 17.5 Å². The van der Waals surface area contributed by atoms with Gasteiger partial charge in [-0.1, -0.05) is 84.9 Å². The van der Waals surface area contributed by atoms with Gasteiger partial charge >= 0.3 is 0 Å². The van der Waals surface area contributed by atoms with E-state index in [2.05, 4.69) is 20.3 Å². The SMILES string of the molecule is COc1ccccc1C(c1ccccc1)(c1ccccc1OC)C(O)[C@H]1O[C@@H](n2cnc3c(NC(=O)COc4ccccc4)ncnc32)C[C@@H]1O. The van der Waals surface area contributed by atoms with Crippen LogP contribution in [0.2, 0.25) is 0 Å². The Morgan fingerprint density at radius 1 is 0.882 bits per heavy atom. The smallest absolute Gasteiger partial charge is 0.263 e. The van der Waals surface area contributed by atoms with Gasteiger partial charge in [-0.25, -0.2) is 15.0 Å². The van der Waals surface area contributed by atoms with E-state index in [4.69, 9.17) is 18.9 Å². The lowest BCUT2D eigenvalue weighted by molar-refractivity contribution is -0.118. The molecule has 1 saturated heterocycles. The zero-order valence-electron chi connectivity index (χ0n) is 28.0.